The van der Waals surface area contributed by atoms with Gasteiger partial charge in [0.1, 0.15) is 10.4 Å². The number of rotatable bonds is 3. The van der Waals surface area contributed by atoms with E-state index in [-0.39, 0.29) is 14.9 Å². The van der Waals surface area contributed by atoms with Crippen LogP contribution in [0.25, 0.3) is 33.5 Å². The molecule has 0 saturated carbocycles. The third kappa shape index (κ3) is 3.37. The molecule has 4 aromatic rings. The van der Waals surface area contributed by atoms with Gasteiger partial charge in [0.15, 0.2) is 0 Å². The monoisotopic (exact) mass is 440 g/mol. The molecule has 1 N–H and O–H groups in total. The average molecular weight is 441 g/mol. The minimum absolute atomic E-state index is 0.116. The van der Waals surface area contributed by atoms with Gasteiger partial charge in [-0.25, -0.2) is 9.97 Å². The van der Waals surface area contributed by atoms with E-state index in [0.717, 1.165) is 11.1 Å². The molecule has 0 aliphatic carbocycles. The molecular weight excluding hydrogens is 428 g/mol. The minimum Gasteiger partial charge on any atom is -0.282 e. The summed E-state index contributed by atoms with van der Waals surface area (Å²) in [5.74, 6) is 0. The van der Waals surface area contributed by atoms with Gasteiger partial charge in [-0.05, 0) is 28.1 Å². The topological polar surface area (TPSA) is 80.2 Å². The third-order valence-corrected chi connectivity index (χ3v) is 5.95. The van der Waals surface area contributed by atoms with Crippen LogP contribution >= 0.6 is 15.9 Å². The summed E-state index contributed by atoms with van der Waals surface area (Å²) in [6.45, 7) is 0. The maximum Gasteiger partial charge on any atom is 0.297 e. The first-order chi connectivity index (χ1) is 12.9. The first-order valence-electron chi connectivity index (χ1n) is 8.04. The molecule has 0 atom stereocenters. The van der Waals surface area contributed by atoms with Gasteiger partial charge in [0.05, 0.1) is 16.9 Å². The molecule has 0 saturated heterocycles. The summed E-state index contributed by atoms with van der Waals surface area (Å²) in [6, 6.07) is 22.2. The van der Waals surface area contributed by atoms with Crippen LogP contribution in [0, 0.1) is 0 Å². The van der Waals surface area contributed by atoms with Crippen LogP contribution in [-0.4, -0.2) is 22.9 Å². The van der Waals surface area contributed by atoms with Crippen molar-refractivity contribution in [2.75, 3.05) is 0 Å². The van der Waals surface area contributed by atoms with Gasteiger partial charge in [-0.1, -0.05) is 60.7 Å². The molecule has 0 unspecified atom stereocenters. The van der Waals surface area contributed by atoms with Crippen molar-refractivity contribution in [3.8, 4) is 22.5 Å². The fourth-order valence-corrected chi connectivity index (χ4v) is 4.56. The van der Waals surface area contributed by atoms with Crippen LogP contribution in [0.2, 0.25) is 0 Å². The lowest BCUT2D eigenvalue weighted by Crippen LogP contribution is -2.04. The lowest BCUT2D eigenvalue weighted by Gasteiger charge is -2.12. The largest absolute Gasteiger partial charge is 0.297 e. The molecule has 1 aromatic heterocycles. The van der Waals surface area contributed by atoms with E-state index < -0.39 is 10.1 Å². The first kappa shape index (κ1) is 17.8. The molecule has 7 heteroatoms. The molecule has 0 fully saturated rings. The molecule has 0 radical (unpaired) electrons. The summed E-state index contributed by atoms with van der Waals surface area (Å²) in [7, 11) is -4.49. The fraction of sp³-hybridized carbons (Fsp3) is 0. The number of aromatic nitrogens is 2. The molecular formula is C20H13BrN2O3S. The van der Waals surface area contributed by atoms with Crippen LogP contribution in [0.4, 0.5) is 0 Å². The maximum absolute atomic E-state index is 11.9. The van der Waals surface area contributed by atoms with E-state index in [4.69, 9.17) is 0 Å². The highest BCUT2D eigenvalue weighted by Gasteiger charge is 2.22. The number of benzene rings is 3. The van der Waals surface area contributed by atoms with E-state index in [1.165, 1.54) is 6.07 Å². The van der Waals surface area contributed by atoms with Gasteiger partial charge >= 0.3 is 0 Å². The number of nitrogens with zero attached hydrogens (tertiary/aromatic N) is 2. The van der Waals surface area contributed by atoms with Crippen LogP contribution in [0.3, 0.4) is 0 Å². The Kier molecular flexibility index (Phi) is 4.51. The molecule has 0 aliphatic rings. The zero-order valence-corrected chi connectivity index (χ0v) is 16.3. The lowest BCUT2D eigenvalue weighted by molar-refractivity contribution is 0.483. The number of halogens is 1. The Morgan fingerprint density at radius 1 is 0.741 bits per heavy atom. The zero-order valence-electron chi connectivity index (χ0n) is 13.9. The van der Waals surface area contributed by atoms with Gasteiger partial charge in [0, 0.05) is 15.6 Å². The maximum atomic E-state index is 11.9. The normalized spacial score (nSPS) is 11.6. The summed E-state index contributed by atoms with van der Waals surface area (Å²) in [5, 5.41) is 0. The van der Waals surface area contributed by atoms with Gasteiger partial charge in [-0.15, -0.1) is 0 Å². The Balaban J connectivity index is 2.14. The molecule has 0 amide bonds. The van der Waals surface area contributed by atoms with Gasteiger partial charge < -0.3 is 0 Å². The van der Waals surface area contributed by atoms with Crippen LogP contribution in [0.1, 0.15) is 0 Å². The predicted octanol–water partition coefficient (Wildman–Crippen LogP) is 4.97. The van der Waals surface area contributed by atoms with E-state index in [1.54, 1.807) is 6.07 Å². The van der Waals surface area contributed by atoms with Gasteiger partial charge in [0.25, 0.3) is 10.1 Å². The Morgan fingerprint density at radius 2 is 1.26 bits per heavy atom. The molecule has 1 heterocycles. The van der Waals surface area contributed by atoms with Crippen molar-refractivity contribution in [1.82, 2.24) is 9.97 Å². The first-order valence-corrected chi connectivity index (χ1v) is 10.3. The van der Waals surface area contributed by atoms with Gasteiger partial charge in [-0.3, -0.25) is 4.55 Å². The zero-order chi connectivity index (χ0) is 19.0. The summed E-state index contributed by atoms with van der Waals surface area (Å²) in [5.41, 5.74) is 3.33. The molecule has 3 aromatic carbocycles. The van der Waals surface area contributed by atoms with Crippen molar-refractivity contribution in [2.45, 2.75) is 4.90 Å². The Bertz CT molecular complexity index is 1240. The van der Waals surface area contributed by atoms with Crippen molar-refractivity contribution < 1.29 is 13.0 Å². The van der Waals surface area contributed by atoms with Crippen LogP contribution in [0.15, 0.2) is 82.2 Å². The van der Waals surface area contributed by atoms with E-state index in [9.17, 15) is 13.0 Å². The number of hydrogen-bond donors (Lipinski definition) is 1. The third-order valence-electron chi connectivity index (χ3n) is 4.09. The number of hydrogen-bond acceptors (Lipinski definition) is 4. The Hall–Kier alpha value is -2.61. The van der Waals surface area contributed by atoms with E-state index in [0.29, 0.717) is 16.9 Å². The minimum atomic E-state index is -4.49. The predicted molar refractivity (Wildman–Crippen MR) is 108 cm³/mol. The smallest absolute Gasteiger partial charge is 0.282 e. The van der Waals surface area contributed by atoms with Gasteiger partial charge in [0.2, 0.25) is 0 Å². The quantitative estimate of drug-likeness (QED) is 0.454. The van der Waals surface area contributed by atoms with Crippen LogP contribution < -0.4 is 0 Å². The second-order valence-corrected chi connectivity index (χ2v) is 8.08. The summed E-state index contributed by atoms with van der Waals surface area (Å²) >= 11 is 3.19. The van der Waals surface area contributed by atoms with E-state index in [1.807, 2.05) is 60.7 Å². The van der Waals surface area contributed by atoms with Crippen molar-refractivity contribution in [2.24, 2.45) is 0 Å². The van der Waals surface area contributed by atoms with E-state index >= 15 is 0 Å². The molecule has 0 bridgehead atoms. The SMILES string of the molecule is O=S(=O)(O)c1c(Br)ccc2nc(-c3ccccc3)c(-c3ccccc3)nc12. The molecule has 0 spiro atoms. The summed E-state index contributed by atoms with van der Waals surface area (Å²) in [4.78, 5) is 9.01. The number of fused-ring (bicyclic) bond motifs is 1. The molecule has 27 heavy (non-hydrogen) atoms. The molecule has 0 aliphatic heterocycles. The Labute approximate surface area is 164 Å². The Morgan fingerprint density at radius 3 is 1.78 bits per heavy atom. The van der Waals surface area contributed by atoms with Crippen molar-refractivity contribution in [3.05, 3.63) is 77.3 Å². The second-order valence-electron chi connectivity index (χ2n) is 5.87. The highest BCUT2D eigenvalue weighted by atomic mass is 79.9. The van der Waals surface area contributed by atoms with Crippen molar-refractivity contribution in [1.29, 1.82) is 0 Å². The molecule has 134 valence electrons. The van der Waals surface area contributed by atoms with Crippen molar-refractivity contribution in [3.63, 3.8) is 0 Å². The highest BCUT2D eigenvalue weighted by Crippen LogP contribution is 2.35. The fourth-order valence-electron chi connectivity index (χ4n) is 2.91. The molecule has 5 nitrogen and oxygen atoms in total. The van der Waals surface area contributed by atoms with Crippen LogP contribution in [-0.2, 0) is 10.1 Å². The molecule has 4 rings (SSSR count). The standard InChI is InChI=1S/C20H13BrN2O3S/c21-15-11-12-16-19(20(15)27(24,25)26)23-18(14-9-5-2-6-10-14)17(22-16)13-7-3-1-4-8-13/h1-12H,(H,24,25,26). The lowest BCUT2D eigenvalue weighted by atomic mass is 10.0. The summed E-state index contributed by atoms with van der Waals surface area (Å²) in [6.07, 6.45) is 0. The second kappa shape index (κ2) is 6.84. The van der Waals surface area contributed by atoms with E-state index in [2.05, 4.69) is 25.9 Å². The van der Waals surface area contributed by atoms with Crippen molar-refractivity contribution >= 4 is 37.1 Å². The van der Waals surface area contributed by atoms with Crippen LogP contribution in [0.5, 0.6) is 0 Å². The summed E-state index contributed by atoms with van der Waals surface area (Å²) < 4.78 is 33.8. The highest BCUT2D eigenvalue weighted by molar-refractivity contribution is 9.10. The van der Waals surface area contributed by atoms with Gasteiger partial charge in [-0.2, -0.15) is 8.42 Å². The average Bonchev–Trinajstić information content (AvgIpc) is 2.67.